The lowest BCUT2D eigenvalue weighted by atomic mass is 9.94. The van der Waals surface area contributed by atoms with Crippen LogP contribution < -0.4 is 5.32 Å². The van der Waals surface area contributed by atoms with E-state index in [4.69, 9.17) is 5.11 Å². The topological polar surface area (TPSA) is 35.5 Å². The first-order chi connectivity index (χ1) is 4.75. The maximum Gasteiger partial charge on any atom is 0.0590 e. The first-order valence-corrected chi connectivity index (χ1v) is 3.73. The van der Waals surface area contributed by atoms with E-state index in [0.29, 0.717) is 12.0 Å². The van der Waals surface area contributed by atoms with Crippen LogP contribution in [0.3, 0.4) is 0 Å². The zero-order valence-electron chi connectivity index (χ0n) is 6.67. The van der Waals surface area contributed by atoms with Crippen LogP contribution in [0.25, 0.3) is 0 Å². The Balaban J connectivity index is 2.31. The van der Waals surface area contributed by atoms with Gasteiger partial charge in [0, 0.05) is 25.0 Å². The number of hydrogen-bond donors (Lipinski definition) is 2. The van der Waals surface area contributed by atoms with Gasteiger partial charge in [0.15, 0.2) is 0 Å². The van der Waals surface area contributed by atoms with Gasteiger partial charge >= 0.3 is 0 Å². The molecule has 0 saturated carbocycles. The molecule has 0 aromatic heterocycles. The fraction of sp³-hybridized carbons (Fsp3) is 1.00. The molecule has 1 aliphatic rings. The van der Waals surface area contributed by atoms with Crippen LogP contribution in [0.1, 0.15) is 0 Å². The molecule has 0 spiro atoms. The number of rotatable bonds is 3. The van der Waals surface area contributed by atoms with E-state index in [1.54, 1.807) is 0 Å². The van der Waals surface area contributed by atoms with Crippen LogP contribution in [-0.2, 0) is 0 Å². The number of nitrogens with one attached hydrogen (secondary N) is 1. The van der Waals surface area contributed by atoms with Gasteiger partial charge in [0.25, 0.3) is 0 Å². The molecule has 3 nitrogen and oxygen atoms in total. The van der Waals surface area contributed by atoms with Crippen molar-refractivity contribution in [1.29, 1.82) is 0 Å². The van der Waals surface area contributed by atoms with Gasteiger partial charge in [-0.1, -0.05) is 0 Å². The number of likely N-dealkylation sites (N-methyl/N-ethyl adjacent to an activating group) is 1. The van der Waals surface area contributed by atoms with E-state index in [1.807, 2.05) is 14.1 Å². The van der Waals surface area contributed by atoms with Gasteiger partial charge in [0.1, 0.15) is 0 Å². The van der Waals surface area contributed by atoms with E-state index in [1.165, 1.54) is 0 Å². The van der Waals surface area contributed by atoms with E-state index < -0.39 is 0 Å². The highest BCUT2D eigenvalue weighted by atomic mass is 16.3. The minimum Gasteiger partial charge on any atom is -0.395 e. The highest BCUT2D eigenvalue weighted by Crippen LogP contribution is 2.12. The smallest absolute Gasteiger partial charge is 0.0590 e. The van der Waals surface area contributed by atoms with Gasteiger partial charge in [-0.2, -0.15) is 0 Å². The minimum atomic E-state index is 0.277. The highest BCUT2D eigenvalue weighted by Gasteiger charge is 2.27. The summed E-state index contributed by atoms with van der Waals surface area (Å²) in [6.45, 7) is 2.40. The molecule has 0 radical (unpaired) electrons. The summed E-state index contributed by atoms with van der Waals surface area (Å²) in [5.74, 6) is 0.653. The zero-order chi connectivity index (χ0) is 7.56. The van der Waals surface area contributed by atoms with E-state index >= 15 is 0 Å². The van der Waals surface area contributed by atoms with Crippen LogP contribution in [-0.4, -0.2) is 49.8 Å². The lowest BCUT2D eigenvalue weighted by Crippen LogP contribution is -2.54. The van der Waals surface area contributed by atoms with Gasteiger partial charge in [-0.3, -0.25) is 0 Å². The summed E-state index contributed by atoms with van der Waals surface area (Å²) in [4.78, 5) is 2.09. The molecule has 1 unspecified atom stereocenters. The second-order valence-corrected chi connectivity index (χ2v) is 3.13. The van der Waals surface area contributed by atoms with Crippen molar-refractivity contribution in [3.05, 3.63) is 0 Å². The fourth-order valence-electron chi connectivity index (χ4n) is 1.32. The Kier molecular flexibility index (Phi) is 2.65. The third-order valence-electron chi connectivity index (χ3n) is 2.21. The van der Waals surface area contributed by atoms with Crippen molar-refractivity contribution in [1.82, 2.24) is 10.2 Å². The third-order valence-corrected chi connectivity index (χ3v) is 2.21. The molecule has 2 N–H and O–H groups in total. The lowest BCUT2D eigenvalue weighted by molar-refractivity contribution is 0.0937. The average molecular weight is 144 g/mol. The van der Waals surface area contributed by atoms with E-state index in [9.17, 15) is 0 Å². The van der Waals surface area contributed by atoms with E-state index in [2.05, 4.69) is 10.2 Å². The molecule has 1 heterocycles. The van der Waals surface area contributed by atoms with Crippen molar-refractivity contribution in [3.8, 4) is 0 Å². The molecule has 1 aliphatic heterocycles. The molecule has 0 aliphatic carbocycles. The van der Waals surface area contributed by atoms with E-state index in [-0.39, 0.29) is 6.61 Å². The molecular weight excluding hydrogens is 128 g/mol. The highest BCUT2D eigenvalue weighted by molar-refractivity contribution is 4.85. The van der Waals surface area contributed by atoms with Gasteiger partial charge in [-0.15, -0.1) is 0 Å². The van der Waals surface area contributed by atoms with Crippen molar-refractivity contribution >= 4 is 0 Å². The minimum absolute atomic E-state index is 0.277. The summed E-state index contributed by atoms with van der Waals surface area (Å²) in [6.07, 6.45) is 0. The van der Waals surface area contributed by atoms with Gasteiger partial charge < -0.3 is 15.3 Å². The molecule has 1 atom stereocenters. The molecule has 1 rings (SSSR count). The molecule has 1 saturated heterocycles. The van der Waals surface area contributed by atoms with Crippen molar-refractivity contribution in [2.75, 3.05) is 33.8 Å². The van der Waals surface area contributed by atoms with Gasteiger partial charge in [-0.25, -0.2) is 0 Å². The summed E-state index contributed by atoms with van der Waals surface area (Å²) < 4.78 is 0. The second-order valence-electron chi connectivity index (χ2n) is 3.13. The van der Waals surface area contributed by atoms with Crippen molar-refractivity contribution in [2.45, 2.75) is 6.04 Å². The maximum atomic E-state index is 8.96. The van der Waals surface area contributed by atoms with Crippen LogP contribution in [0, 0.1) is 5.92 Å². The molecular formula is C7H16N2O. The largest absolute Gasteiger partial charge is 0.395 e. The Bertz CT molecular complexity index is 102. The summed E-state index contributed by atoms with van der Waals surface area (Å²) >= 11 is 0. The maximum absolute atomic E-state index is 8.96. The summed E-state index contributed by atoms with van der Waals surface area (Å²) in [5.41, 5.74) is 0. The molecule has 60 valence electrons. The molecule has 0 aromatic rings. The van der Waals surface area contributed by atoms with Crippen molar-refractivity contribution in [2.24, 2.45) is 5.92 Å². The molecule has 0 amide bonds. The number of aliphatic hydroxyl groups excluding tert-OH is 1. The zero-order valence-corrected chi connectivity index (χ0v) is 6.67. The van der Waals surface area contributed by atoms with Crippen LogP contribution in [0.2, 0.25) is 0 Å². The standard InChI is InChI=1S/C7H16N2O/c1-9(2)7(5-10)6-3-8-4-6/h6-8,10H,3-5H2,1-2H3. The molecule has 1 fully saturated rings. The first kappa shape index (κ1) is 7.98. The predicted octanol–water partition coefficient (Wildman–Crippen LogP) is -0.872. The Morgan fingerprint density at radius 3 is 2.30 bits per heavy atom. The Morgan fingerprint density at radius 2 is 2.20 bits per heavy atom. The van der Waals surface area contributed by atoms with Crippen LogP contribution >= 0.6 is 0 Å². The number of hydrogen-bond acceptors (Lipinski definition) is 3. The molecule has 0 aromatic carbocycles. The van der Waals surface area contributed by atoms with Crippen molar-refractivity contribution in [3.63, 3.8) is 0 Å². The summed E-state index contributed by atoms with van der Waals surface area (Å²) in [6, 6.07) is 0.348. The SMILES string of the molecule is CN(C)C(CO)C1CNC1. The predicted molar refractivity (Wildman–Crippen MR) is 40.9 cm³/mol. The van der Waals surface area contributed by atoms with Crippen LogP contribution in [0.4, 0.5) is 0 Å². The van der Waals surface area contributed by atoms with Crippen molar-refractivity contribution < 1.29 is 5.11 Å². The normalized spacial score (nSPS) is 22.8. The molecule has 10 heavy (non-hydrogen) atoms. The molecule has 3 heteroatoms. The quantitative estimate of drug-likeness (QED) is 0.540. The summed E-state index contributed by atoms with van der Waals surface area (Å²) in [5, 5.41) is 12.2. The third kappa shape index (κ3) is 1.48. The average Bonchev–Trinajstić information content (AvgIpc) is 1.76. The Morgan fingerprint density at radius 1 is 1.60 bits per heavy atom. The Labute approximate surface area is 62.0 Å². The number of aliphatic hydroxyl groups is 1. The van der Waals surface area contributed by atoms with E-state index in [0.717, 1.165) is 13.1 Å². The van der Waals surface area contributed by atoms with Gasteiger partial charge in [-0.05, 0) is 14.1 Å². The van der Waals surface area contributed by atoms with Gasteiger partial charge in [0.05, 0.1) is 6.61 Å². The molecule has 0 bridgehead atoms. The van der Waals surface area contributed by atoms with Crippen LogP contribution in [0.15, 0.2) is 0 Å². The lowest BCUT2D eigenvalue weighted by Gasteiger charge is -2.37. The van der Waals surface area contributed by atoms with Gasteiger partial charge in [0.2, 0.25) is 0 Å². The first-order valence-electron chi connectivity index (χ1n) is 3.73. The second kappa shape index (κ2) is 3.32. The monoisotopic (exact) mass is 144 g/mol. The summed E-state index contributed by atoms with van der Waals surface area (Å²) in [7, 11) is 4.03. The van der Waals surface area contributed by atoms with Crippen LogP contribution in [0.5, 0.6) is 0 Å². The number of nitrogens with zero attached hydrogens (tertiary/aromatic N) is 1. The Hall–Kier alpha value is -0.120. The fourth-order valence-corrected chi connectivity index (χ4v) is 1.32.